The average Bonchev–Trinajstić information content (AvgIpc) is 2.69. The van der Waals surface area contributed by atoms with E-state index in [0.717, 1.165) is 6.54 Å². The molecule has 2 aliphatic rings. The number of hydrogen-bond donors (Lipinski definition) is 2. The highest BCUT2D eigenvalue weighted by molar-refractivity contribution is 7.91. The van der Waals surface area contributed by atoms with Crippen LogP contribution in [-0.2, 0) is 14.6 Å². The van der Waals surface area contributed by atoms with E-state index in [-0.39, 0.29) is 29.5 Å². The third-order valence-corrected chi connectivity index (χ3v) is 5.49. The third-order valence-electron chi connectivity index (χ3n) is 3.74. The second-order valence-corrected chi connectivity index (χ2v) is 7.50. The number of carbonyl (C=O) groups excluding carboxylic acids is 1. The summed E-state index contributed by atoms with van der Waals surface area (Å²) in [6.45, 7) is 3.41. The van der Waals surface area contributed by atoms with Crippen molar-refractivity contribution in [3.63, 3.8) is 0 Å². The van der Waals surface area contributed by atoms with Crippen molar-refractivity contribution in [2.45, 2.75) is 31.5 Å². The second-order valence-electron chi connectivity index (χ2n) is 5.28. The van der Waals surface area contributed by atoms with Crippen LogP contribution in [0, 0.1) is 0 Å². The Labute approximate surface area is 108 Å². The van der Waals surface area contributed by atoms with Gasteiger partial charge in [0, 0.05) is 32.2 Å². The van der Waals surface area contributed by atoms with Gasteiger partial charge in [-0.2, -0.15) is 0 Å². The predicted octanol–water partition coefficient (Wildman–Crippen LogP) is -1.42. The molecule has 2 saturated heterocycles. The van der Waals surface area contributed by atoms with E-state index in [2.05, 4.69) is 17.6 Å². The van der Waals surface area contributed by atoms with Crippen LogP contribution in [0.15, 0.2) is 0 Å². The number of piperazine rings is 1. The van der Waals surface area contributed by atoms with Gasteiger partial charge in [-0.15, -0.1) is 0 Å². The van der Waals surface area contributed by atoms with Crippen molar-refractivity contribution in [3.8, 4) is 0 Å². The molecule has 7 heteroatoms. The van der Waals surface area contributed by atoms with Crippen molar-refractivity contribution in [1.82, 2.24) is 15.5 Å². The van der Waals surface area contributed by atoms with Crippen LogP contribution in [0.2, 0.25) is 0 Å². The maximum Gasteiger partial charge on any atom is 0.241 e. The van der Waals surface area contributed by atoms with Crippen molar-refractivity contribution >= 4 is 15.7 Å². The number of likely N-dealkylation sites (N-methyl/N-ethyl adjacent to an activating group) is 1. The van der Waals surface area contributed by atoms with Gasteiger partial charge in [0.05, 0.1) is 17.5 Å². The van der Waals surface area contributed by atoms with E-state index in [1.165, 1.54) is 0 Å². The minimum Gasteiger partial charge on any atom is -0.340 e. The first-order valence-electron chi connectivity index (χ1n) is 6.33. The Morgan fingerprint density at radius 2 is 2.00 bits per heavy atom. The highest BCUT2D eigenvalue weighted by Crippen LogP contribution is 2.17. The van der Waals surface area contributed by atoms with Gasteiger partial charge in [0.2, 0.25) is 5.91 Å². The number of rotatable bonds is 2. The lowest BCUT2D eigenvalue weighted by molar-refractivity contribution is -0.134. The fourth-order valence-electron chi connectivity index (χ4n) is 2.46. The number of hydrogen-bond acceptors (Lipinski definition) is 5. The number of sulfone groups is 1. The molecule has 3 atom stereocenters. The standard InChI is InChI=1S/C11H21N3O3S/c1-8-5-13-10(6-12-8)11(15)14(2)9-3-4-18(16,17)7-9/h8-10,12-13H,3-7H2,1-2H3. The molecule has 18 heavy (non-hydrogen) atoms. The molecule has 0 aromatic rings. The van der Waals surface area contributed by atoms with Crippen LogP contribution >= 0.6 is 0 Å². The Balaban J connectivity index is 1.93. The van der Waals surface area contributed by atoms with Gasteiger partial charge in [0.1, 0.15) is 0 Å². The molecule has 1 amide bonds. The summed E-state index contributed by atoms with van der Waals surface area (Å²) in [6.07, 6.45) is 0.557. The van der Waals surface area contributed by atoms with Crippen molar-refractivity contribution in [2.75, 3.05) is 31.6 Å². The van der Waals surface area contributed by atoms with Gasteiger partial charge in [0.25, 0.3) is 0 Å². The summed E-state index contributed by atoms with van der Waals surface area (Å²) in [7, 11) is -1.24. The van der Waals surface area contributed by atoms with E-state index in [0.29, 0.717) is 19.0 Å². The zero-order chi connectivity index (χ0) is 13.3. The molecule has 0 saturated carbocycles. The summed E-state index contributed by atoms with van der Waals surface area (Å²) >= 11 is 0. The van der Waals surface area contributed by atoms with E-state index in [1.807, 2.05) is 0 Å². The number of nitrogens with zero attached hydrogens (tertiary/aromatic N) is 1. The van der Waals surface area contributed by atoms with Crippen LogP contribution < -0.4 is 10.6 Å². The maximum atomic E-state index is 12.2. The number of amides is 1. The zero-order valence-electron chi connectivity index (χ0n) is 10.8. The zero-order valence-corrected chi connectivity index (χ0v) is 11.7. The fourth-order valence-corrected chi connectivity index (χ4v) is 4.24. The van der Waals surface area contributed by atoms with Crippen LogP contribution in [0.3, 0.4) is 0 Å². The number of carbonyl (C=O) groups is 1. The van der Waals surface area contributed by atoms with Gasteiger partial charge in [-0.05, 0) is 13.3 Å². The monoisotopic (exact) mass is 275 g/mol. The largest absolute Gasteiger partial charge is 0.340 e. The topological polar surface area (TPSA) is 78.5 Å². The normalized spacial score (nSPS) is 35.3. The van der Waals surface area contributed by atoms with E-state index in [1.54, 1.807) is 11.9 Å². The molecule has 0 radical (unpaired) electrons. The lowest BCUT2D eigenvalue weighted by atomic mass is 10.1. The molecule has 0 aromatic carbocycles. The molecule has 2 N–H and O–H groups in total. The highest BCUT2D eigenvalue weighted by Gasteiger charge is 2.35. The molecule has 3 unspecified atom stereocenters. The van der Waals surface area contributed by atoms with Crippen LogP contribution in [0.25, 0.3) is 0 Å². The molecular formula is C11H21N3O3S. The molecule has 0 spiro atoms. The van der Waals surface area contributed by atoms with Gasteiger partial charge in [-0.1, -0.05) is 0 Å². The Bertz CT molecular complexity index is 415. The predicted molar refractivity (Wildman–Crippen MR) is 69.1 cm³/mol. The molecular weight excluding hydrogens is 254 g/mol. The summed E-state index contributed by atoms with van der Waals surface area (Å²) in [4.78, 5) is 13.8. The van der Waals surface area contributed by atoms with Crippen LogP contribution in [-0.4, -0.2) is 69.0 Å². The summed E-state index contributed by atoms with van der Waals surface area (Å²) in [6, 6.07) is -0.0376. The van der Waals surface area contributed by atoms with Crippen molar-refractivity contribution in [1.29, 1.82) is 0 Å². The second kappa shape index (κ2) is 5.14. The van der Waals surface area contributed by atoms with Crippen molar-refractivity contribution in [3.05, 3.63) is 0 Å². The summed E-state index contributed by atoms with van der Waals surface area (Å²) < 4.78 is 22.8. The summed E-state index contributed by atoms with van der Waals surface area (Å²) in [5.74, 6) is 0.283. The van der Waals surface area contributed by atoms with Gasteiger partial charge < -0.3 is 15.5 Å². The van der Waals surface area contributed by atoms with Crippen molar-refractivity contribution < 1.29 is 13.2 Å². The summed E-state index contributed by atoms with van der Waals surface area (Å²) in [5, 5.41) is 6.44. The van der Waals surface area contributed by atoms with E-state index in [9.17, 15) is 13.2 Å². The molecule has 104 valence electrons. The molecule has 0 aromatic heterocycles. The van der Waals surface area contributed by atoms with E-state index >= 15 is 0 Å². The van der Waals surface area contributed by atoms with Gasteiger partial charge in [-0.3, -0.25) is 4.79 Å². The molecule has 0 aliphatic carbocycles. The molecule has 2 aliphatic heterocycles. The van der Waals surface area contributed by atoms with E-state index < -0.39 is 9.84 Å². The highest BCUT2D eigenvalue weighted by atomic mass is 32.2. The Morgan fingerprint density at radius 3 is 2.50 bits per heavy atom. The maximum absolute atomic E-state index is 12.2. The molecule has 2 fully saturated rings. The average molecular weight is 275 g/mol. The first kappa shape index (κ1) is 13.8. The minimum absolute atomic E-state index is 0.0171. The van der Waals surface area contributed by atoms with Crippen LogP contribution in [0.4, 0.5) is 0 Å². The molecule has 2 heterocycles. The SMILES string of the molecule is CC1CNC(C(=O)N(C)C2CCS(=O)(=O)C2)CN1. The van der Waals surface area contributed by atoms with Crippen LogP contribution in [0.5, 0.6) is 0 Å². The van der Waals surface area contributed by atoms with Gasteiger partial charge in [0.15, 0.2) is 9.84 Å². The van der Waals surface area contributed by atoms with Crippen molar-refractivity contribution in [2.24, 2.45) is 0 Å². The van der Waals surface area contributed by atoms with Crippen LogP contribution in [0.1, 0.15) is 13.3 Å². The van der Waals surface area contributed by atoms with Gasteiger partial charge in [-0.25, -0.2) is 8.42 Å². The Hall–Kier alpha value is -0.660. The first-order chi connectivity index (χ1) is 8.39. The smallest absolute Gasteiger partial charge is 0.241 e. The lowest BCUT2D eigenvalue weighted by Crippen LogP contribution is -2.60. The Morgan fingerprint density at radius 1 is 1.28 bits per heavy atom. The number of nitrogens with one attached hydrogen (secondary N) is 2. The lowest BCUT2D eigenvalue weighted by Gasteiger charge is -2.33. The molecule has 2 rings (SSSR count). The first-order valence-corrected chi connectivity index (χ1v) is 8.15. The van der Waals surface area contributed by atoms with E-state index in [4.69, 9.17) is 0 Å². The summed E-state index contributed by atoms with van der Waals surface area (Å²) in [5.41, 5.74) is 0. The minimum atomic E-state index is -2.94. The molecule has 0 bridgehead atoms. The van der Waals surface area contributed by atoms with Gasteiger partial charge >= 0.3 is 0 Å². The Kier molecular flexibility index (Phi) is 3.93. The fraction of sp³-hybridized carbons (Fsp3) is 0.909. The third kappa shape index (κ3) is 3.02. The quantitative estimate of drug-likeness (QED) is 0.647. The molecule has 6 nitrogen and oxygen atoms in total.